The molecule has 150 valence electrons. The van der Waals surface area contributed by atoms with Gasteiger partial charge in [-0.25, -0.2) is 4.90 Å². The minimum absolute atomic E-state index is 0.369. The van der Waals surface area contributed by atoms with E-state index in [2.05, 4.69) is 0 Å². The molecule has 4 rings (SSSR count). The number of ether oxygens (including phenoxy) is 1. The SMILES string of the molecule is COc1ccc(C)cc1N1C(=O)C(Sc2ccc(Cl)cc2)=C(c2ccccc2)C1=O. The van der Waals surface area contributed by atoms with Crippen LogP contribution in [0.4, 0.5) is 5.69 Å². The monoisotopic (exact) mass is 435 g/mol. The number of thioether (sulfide) groups is 1. The van der Waals surface area contributed by atoms with Crippen LogP contribution in [-0.4, -0.2) is 18.9 Å². The first-order valence-corrected chi connectivity index (χ1v) is 10.5. The third-order valence-corrected chi connectivity index (χ3v) is 6.06. The normalized spacial score (nSPS) is 13.9. The number of methoxy groups -OCH3 is 1. The number of carbonyl (C=O) groups is 2. The zero-order chi connectivity index (χ0) is 21.3. The lowest BCUT2D eigenvalue weighted by molar-refractivity contribution is -0.119. The van der Waals surface area contributed by atoms with Gasteiger partial charge >= 0.3 is 0 Å². The van der Waals surface area contributed by atoms with Crippen LogP contribution in [0, 0.1) is 6.92 Å². The van der Waals surface area contributed by atoms with E-state index in [0.717, 1.165) is 10.5 Å². The third-order valence-electron chi connectivity index (χ3n) is 4.71. The maximum atomic E-state index is 13.5. The zero-order valence-electron chi connectivity index (χ0n) is 16.4. The molecule has 0 atom stereocenters. The molecular formula is C24H18ClNO3S. The van der Waals surface area contributed by atoms with Crippen molar-refractivity contribution in [1.29, 1.82) is 0 Å². The molecule has 0 fully saturated rings. The van der Waals surface area contributed by atoms with Crippen LogP contribution >= 0.6 is 23.4 Å². The number of aryl methyl sites for hydroxylation is 1. The Balaban J connectivity index is 1.84. The summed E-state index contributed by atoms with van der Waals surface area (Å²) in [5.41, 5.74) is 2.43. The van der Waals surface area contributed by atoms with Crippen LogP contribution in [-0.2, 0) is 9.59 Å². The third kappa shape index (κ3) is 3.74. The van der Waals surface area contributed by atoms with Gasteiger partial charge in [-0.1, -0.05) is 59.8 Å². The predicted molar refractivity (Wildman–Crippen MR) is 121 cm³/mol. The van der Waals surface area contributed by atoms with Gasteiger partial charge in [0, 0.05) is 9.92 Å². The number of carbonyl (C=O) groups excluding carboxylic acids is 2. The fourth-order valence-electron chi connectivity index (χ4n) is 3.28. The molecule has 1 aliphatic heterocycles. The van der Waals surface area contributed by atoms with E-state index in [1.807, 2.05) is 55.5 Å². The molecule has 4 nitrogen and oxygen atoms in total. The fourth-order valence-corrected chi connectivity index (χ4v) is 4.40. The van der Waals surface area contributed by atoms with Crippen LogP contribution < -0.4 is 9.64 Å². The molecule has 3 aromatic rings. The zero-order valence-corrected chi connectivity index (χ0v) is 18.0. The molecule has 1 aliphatic rings. The van der Waals surface area contributed by atoms with Crippen molar-refractivity contribution in [2.24, 2.45) is 0 Å². The molecule has 0 aliphatic carbocycles. The van der Waals surface area contributed by atoms with Gasteiger partial charge in [-0.05, 0) is 54.4 Å². The molecule has 6 heteroatoms. The van der Waals surface area contributed by atoms with E-state index in [-0.39, 0.29) is 11.8 Å². The number of nitrogens with zero attached hydrogens (tertiary/aromatic N) is 1. The maximum absolute atomic E-state index is 13.5. The number of amides is 2. The van der Waals surface area contributed by atoms with E-state index in [0.29, 0.717) is 32.5 Å². The van der Waals surface area contributed by atoms with Crippen LogP contribution in [0.2, 0.25) is 5.02 Å². The maximum Gasteiger partial charge on any atom is 0.273 e. The van der Waals surface area contributed by atoms with Crippen LogP contribution in [0.15, 0.2) is 82.6 Å². The van der Waals surface area contributed by atoms with Crippen molar-refractivity contribution in [2.75, 3.05) is 12.0 Å². The number of hydrogen-bond donors (Lipinski definition) is 0. The summed E-state index contributed by atoms with van der Waals surface area (Å²) >= 11 is 7.25. The van der Waals surface area contributed by atoms with E-state index < -0.39 is 0 Å². The van der Waals surface area contributed by atoms with E-state index in [1.165, 1.54) is 23.8 Å². The first-order chi connectivity index (χ1) is 14.5. The summed E-state index contributed by atoms with van der Waals surface area (Å²) in [7, 11) is 1.52. The predicted octanol–water partition coefficient (Wildman–Crippen LogP) is 5.73. The van der Waals surface area contributed by atoms with Gasteiger partial charge in [0.25, 0.3) is 11.8 Å². The number of benzene rings is 3. The van der Waals surface area contributed by atoms with Crippen molar-refractivity contribution in [3.63, 3.8) is 0 Å². The Morgan fingerprint density at radius 1 is 0.900 bits per heavy atom. The Kier molecular flexibility index (Phi) is 5.66. The standard InChI is InChI=1S/C24H18ClNO3S/c1-15-8-13-20(29-2)19(14-15)26-23(27)21(16-6-4-3-5-7-16)22(24(26)28)30-18-11-9-17(25)10-12-18/h3-14H,1-2H3. The molecule has 0 saturated carbocycles. The van der Waals surface area contributed by atoms with Crippen molar-refractivity contribution < 1.29 is 14.3 Å². The number of anilines is 1. The molecule has 0 unspecified atom stereocenters. The second kappa shape index (κ2) is 8.38. The highest BCUT2D eigenvalue weighted by atomic mass is 35.5. The Morgan fingerprint density at radius 2 is 1.60 bits per heavy atom. The van der Waals surface area contributed by atoms with Crippen molar-refractivity contribution >= 4 is 46.4 Å². The fraction of sp³-hybridized carbons (Fsp3) is 0.0833. The molecule has 0 aromatic heterocycles. The van der Waals surface area contributed by atoms with Gasteiger partial charge in [-0.3, -0.25) is 9.59 Å². The van der Waals surface area contributed by atoms with E-state index in [9.17, 15) is 9.59 Å². The van der Waals surface area contributed by atoms with Gasteiger partial charge in [-0.15, -0.1) is 0 Å². The Bertz CT molecular complexity index is 1160. The van der Waals surface area contributed by atoms with E-state index in [1.54, 1.807) is 24.3 Å². The second-order valence-corrected chi connectivity index (χ2v) is 8.27. The van der Waals surface area contributed by atoms with Crippen LogP contribution in [0.25, 0.3) is 5.57 Å². The van der Waals surface area contributed by atoms with E-state index in [4.69, 9.17) is 16.3 Å². The summed E-state index contributed by atoms with van der Waals surface area (Å²) in [6, 6.07) is 21.8. The molecule has 3 aromatic carbocycles. The number of rotatable bonds is 5. The smallest absolute Gasteiger partial charge is 0.273 e. The average Bonchev–Trinajstić information content (AvgIpc) is 2.99. The highest BCUT2D eigenvalue weighted by Gasteiger charge is 2.41. The van der Waals surface area contributed by atoms with Crippen molar-refractivity contribution in [3.8, 4) is 5.75 Å². The van der Waals surface area contributed by atoms with Gasteiger partial charge in [0.15, 0.2) is 0 Å². The van der Waals surface area contributed by atoms with Crippen molar-refractivity contribution in [3.05, 3.63) is 93.9 Å². The molecule has 0 radical (unpaired) electrons. The topological polar surface area (TPSA) is 46.6 Å². The molecular weight excluding hydrogens is 418 g/mol. The minimum atomic E-state index is -0.372. The summed E-state index contributed by atoms with van der Waals surface area (Å²) in [5, 5.41) is 0.608. The largest absolute Gasteiger partial charge is 0.495 e. The Hall–Kier alpha value is -3.02. The molecule has 1 heterocycles. The van der Waals surface area contributed by atoms with Gasteiger partial charge in [0.05, 0.1) is 23.3 Å². The minimum Gasteiger partial charge on any atom is -0.495 e. The summed E-state index contributed by atoms with van der Waals surface area (Å²) < 4.78 is 5.43. The van der Waals surface area contributed by atoms with Gasteiger partial charge in [0.1, 0.15) is 5.75 Å². The number of imide groups is 1. The lowest BCUT2D eigenvalue weighted by atomic mass is 10.1. The van der Waals surface area contributed by atoms with Gasteiger partial charge in [-0.2, -0.15) is 0 Å². The van der Waals surface area contributed by atoms with Gasteiger partial charge in [0.2, 0.25) is 0 Å². The summed E-state index contributed by atoms with van der Waals surface area (Å²) in [6.07, 6.45) is 0. The summed E-state index contributed by atoms with van der Waals surface area (Å²) in [6.45, 7) is 1.91. The van der Waals surface area contributed by atoms with Gasteiger partial charge < -0.3 is 4.74 Å². The molecule has 0 bridgehead atoms. The first-order valence-electron chi connectivity index (χ1n) is 9.26. The molecule has 30 heavy (non-hydrogen) atoms. The quantitative estimate of drug-likeness (QED) is 0.480. The lowest BCUT2D eigenvalue weighted by Crippen LogP contribution is -2.31. The highest BCUT2D eigenvalue weighted by molar-refractivity contribution is 8.04. The first kappa shape index (κ1) is 20.3. The summed E-state index contributed by atoms with van der Waals surface area (Å²) in [4.78, 5) is 29.4. The van der Waals surface area contributed by atoms with Crippen molar-refractivity contribution in [2.45, 2.75) is 11.8 Å². The molecule has 2 amide bonds. The average molecular weight is 436 g/mol. The van der Waals surface area contributed by atoms with E-state index >= 15 is 0 Å². The van der Waals surface area contributed by atoms with Crippen LogP contribution in [0.5, 0.6) is 5.75 Å². The number of hydrogen-bond acceptors (Lipinski definition) is 4. The molecule has 0 N–H and O–H groups in total. The van der Waals surface area contributed by atoms with Crippen LogP contribution in [0.3, 0.4) is 0 Å². The Labute approximate surface area is 184 Å². The van der Waals surface area contributed by atoms with Crippen LogP contribution in [0.1, 0.15) is 11.1 Å². The number of halogens is 1. The Morgan fingerprint density at radius 3 is 2.27 bits per heavy atom. The second-order valence-electron chi connectivity index (χ2n) is 6.75. The highest BCUT2D eigenvalue weighted by Crippen LogP contribution is 2.43. The lowest BCUT2D eigenvalue weighted by Gasteiger charge is -2.19. The molecule has 0 spiro atoms. The molecule has 0 saturated heterocycles. The summed E-state index contributed by atoms with van der Waals surface area (Å²) in [5.74, 6) is -0.276. The van der Waals surface area contributed by atoms with Crippen molar-refractivity contribution in [1.82, 2.24) is 0 Å².